The van der Waals surface area contributed by atoms with Gasteiger partial charge in [0.2, 0.25) is 5.91 Å². The third-order valence-electron chi connectivity index (χ3n) is 3.84. The van der Waals surface area contributed by atoms with Gasteiger partial charge in [-0.15, -0.1) is 11.3 Å². The van der Waals surface area contributed by atoms with Crippen LogP contribution < -0.4 is 10.2 Å². The van der Waals surface area contributed by atoms with Crippen molar-refractivity contribution in [2.24, 2.45) is 0 Å². The molecule has 1 N–H and O–H groups in total. The number of benzene rings is 1. The molecule has 0 unspecified atom stereocenters. The Morgan fingerprint density at radius 2 is 2.13 bits per heavy atom. The summed E-state index contributed by atoms with van der Waals surface area (Å²) in [6.07, 6.45) is 2.78. The van der Waals surface area contributed by atoms with Gasteiger partial charge in [0, 0.05) is 37.8 Å². The molecule has 1 saturated heterocycles. The van der Waals surface area contributed by atoms with Crippen molar-refractivity contribution in [1.29, 1.82) is 0 Å². The van der Waals surface area contributed by atoms with Crippen molar-refractivity contribution in [2.75, 3.05) is 42.9 Å². The van der Waals surface area contributed by atoms with Crippen molar-refractivity contribution in [3.8, 4) is 0 Å². The van der Waals surface area contributed by atoms with Gasteiger partial charge in [0.15, 0.2) is 5.13 Å². The lowest BCUT2D eigenvalue weighted by atomic mass is 10.3. The monoisotopic (exact) mass is 350 g/mol. The lowest BCUT2D eigenvalue weighted by Crippen LogP contribution is -2.38. The number of nitrogens with zero attached hydrogens (tertiary/aromatic N) is 3. The van der Waals surface area contributed by atoms with Crippen molar-refractivity contribution < 1.29 is 4.79 Å². The summed E-state index contributed by atoms with van der Waals surface area (Å²) in [6.45, 7) is 3.54. The second kappa shape index (κ2) is 7.66. The van der Waals surface area contributed by atoms with Gasteiger partial charge < -0.3 is 15.1 Å². The number of rotatable bonds is 4. The fraction of sp³-hybridized carbons (Fsp3) is 0.375. The highest BCUT2D eigenvalue weighted by atomic mass is 35.5. The van der Waals surface area contributed by atoms with Crippen LogP contribution in [0.3, 0.4) is 0 Å². The summed E-state index contributed by atoms with van der Waals surface area (Å²) in [5, 5.41) is 6.77. The van der Waals surface area contributed by atoms with Crippen molar-refractivity contribution in [2.45, 2.75) is 6.42 Å². The van der Waals surface area contributed by atoms with Crippen LogP contribution in [-0.4, -0.2) is 48.5 Å². The van der Waals surface area contributed by atoms with Gasteiger partial charge in [-0.25, -0.2) is 4.98 Å². The largest absolute Gasteiger partial charge is 0.375 e. The molecule has 0 atom stereocenters. The van der Waals surface area contributed by atoms with E-state index in [2.05, 4.69) is 15.2 Å². The maximum absolute atomic E-state index is 12.4. The molecule has 1 aliphatic rings. The number of amides is 1. The average Bonchev–Trinajstić information content (AvgIpc) is 2.98. The topological polar surface area (TPSA) is 48.5 Å². The van der Waals surface area contributed by atoms with E-state index in [0.717, 1.165) is 43.4 Å². The van der Waals surface area contributed by atoms with Gasteiger partial charge in [0.05, 0.1) is 17.3 Å². The first-order valence-electron chi connectivity index (χ1n) is 7.64. The number of nitrogens with one attached hydrogen (secondary N) is 1. The molecule has 2 aromatic rings. The fourth-order valence-electron chi connectivity index (χ4n) is 2.62. The van der Waals surface area contributed by atoms with Crippen molar-refractivity contribution in [3.05, 3.63) is 40.9 Å². The quantitative estimate of drug-likeness (QED) is 0.921. The zero-order valence-corrected chi connectivity index (χ0v) is 14.3. The normalized spacial score (nSPS) is 15.3. The van der Waals surface area contributed by atoms with Crippen LogP contribution in [-0.2, 0) is 4.79 Å². The number of thiazole rings is 1. The Balaban J connectivity index is 1.53. The summed E-state index contributed by atoms with van der Waals surface area (Å²) < 4.78 is 0. The van der Waals surface area contributed by atoms with Gasteiger partial charge >= 0.3 is 0 Å². The first-order valence-corrected chi connectivity index (χ1v) is 8.90. The van der Waals surface area contributed by atoms with Gasteiger partial charge in [-0.2, -0.15) is 0 Å². The van der Waals surface area contributed by atoms with Crippen LogP contribution in [0.15, 0.2) is 35.8 Å². The number of anilines is 2. The van der Waals surface area contributed by atoms with Crippen LogP contribution in [0.25, 0.3) is 0 Å². The van der Waals surface area contributed by atoms with Gasteiger partial charge in [-0.3, -0.25) is 4.79 Å². The number of carbonyl (C=O) groups is 1. The summed E-state index contributed by atoms with van der Waals surface area (Å²) in [5.74, 6) is 0.103. The van der Waals surface area contributed by atoms with Crippen molar-refractivity contribution in [1.82, 2.24) is 9.88 Å². The van der Waals surface area contributed by atoms with E-state index in [1.807, 2.05) is 40.7 Å². The van der Waals surface area contributed by atoms with Crippen molar-refractivity contribution in [3.63, 3.8) is 0 Å². The average molecular weight is 351 g/mol. The molecule has 0 radical (unpaired) electrons. The number of aromatic nitrogens is 1. The van der Waals surface area contributed by atoms with Crippen LogP contribution in [0.5, 0.6) is 0 Å². The minimum absolute atomic E-state index is 0.103. The summed E-state index contributed by atoms with van der Waals surface area (Å²) in [4.78, 5) is 20.9. The van der Waals surface area contributed by atoms with E-state index in [9.17, 15) is 4.79 Å². The first-order chi connectivity index (χ1) is 11.2. The summed E-state index contributed by atoms with van der Waals surface area (Å²) in [7, 11) is 0. The molecule has 0 bridgehead atoms. The number of hydrogen-bond acceptors (Lipinski definition) is 5. The SMILES string of the molecule is O=C(CNc1ccccc1Cl)N1CCCN(c2nccs2)CC1. The smallest absolute Gasteiger partial charge is 0.241 e. The van der Waals surface area contributed by atoms with E-state index >= 15 is 0 Å². The number of halogens is 1. The van der Waals surface area contributed by atoms with Crippen LogP contribution in [0.2, 0.25) is 5.02 Å². The minimum Gasteiger partial charge on any atom is -0.375 e. The summed E-state index contributed by atoms with van der Waals surface area (Å²) in [5.41, 5.74) is 0.793. The third-order valence-corrected chi connectivity index (χ3v) is 5.00. The maximum Gasteiger partial charge on any atom is 0.241 e. The standard InChI is InChI=1S/C16H19ClN4OS/c17-13-4-1-2-5-14(13)19-12-15(22)20-7-3-8-21(10-9-20)16-18-6-11-23-16/h1-2,4-6,11,19H,3,7-10,12H2. The van der Waals surface area contributed by atoms with E-state index < -0.39 is 0 Å². The number of para-hydroxylation sites is 1. The molecular weight excluding hydrogens is 332 g/mol. The predicted octanol–water partition coefficient (Wildman–Crippen LogP) is 2.95. The van der Waals surface area contributed by atoms with Crippen LogP contribution in [0, 0.1) is 0 Å². The fourth-order valence-corrected chi connectivity index (χ4v) is 3.52. The summed E-state index contributed by atoms with van der Waals surface area (Å²) in [6, 6.07) is 7.46. The molecule has 0 spiro atoms. The molecule has 1 aromatic heterocycles. The van der Waals surface area contributed by atoms with E-state index in [0.29, 0.717) is 5.02 Å². The van der Waals surface area contributed by atoms with Gasteiger partial charge in [0.1, 0.15) is 0 Å². The Labute approximate surface area is 144 Å². The molecule has 1 aliphatic heterocycles. The number of hydrogen-bond donors (Lipinski definition) is 1. The molecule has 0 aliphatic carbocycles. The maximum atomic E-state index is 12.4. The molecule has 122 valence electrons. The van der Waals surface area contributed by atoms with E-state index in [-0.39, 0.29) is 12.5 Å². The van der Waals surface area contributed by atoms with Crippen LogP contribution in [0.4, 0.5) is 10.8 Å². The Morgan fingerprint density at radius 1 is 1.26 bits per heavy atom. The second-order valence-corrected chi connectivity index (χ2v) is 6.65. The van der Waals surface area contributed by atoms with Gasteiger partial charge in [-0.05, 0) is 18.6 Å². The molecule has 0 saturated carbocycles. The molecule has 1 amide bonds. The zero-order chi connectivity index (χ0) is 16.1. The van der Waals surface area contributed by atoms with Gasteiger partial charge in [0.25, 0.3) is 0 Å². The lowest BCUT2D eigenvalue weighted by molar-refractivity contribution is -0.129. The highest BCUT2D eigenvalue weighted by Gasteiger charge is 2.20. The van der Waals surface area contributed by atoms with E-state index in [1.165, 1.54) is 0 Å². The van der Waals surface area contributed by atoms with E-state index in [4.69, 9.17) is 11.6 Å². The number of carbonyl (C=O) groups excluding carboxylic acids is 1. The Bertz CT molecular complexity index is 649. The molecule has 7 heteroatoms. The highest BCUT2D eigenvalue weighted by molar-refractivity contribution is 7.13. The molecular formula is C16H19ClN4OS. The lowest BCUT2D eigenvalue weighted by Gasteiger charge is -2.22. The van der Waals surface area contributed by atoms with Crippen LogP contribution in [0.1, 0.15) is 6.42 Å². The van der Waals surface area contributed by atoms with Crippen molar-refractivity contribution >= 4 is 39.7 Å². The molecule has 1 fully saturated rings. The van der Waals surface area contributed by atoms with E-state index in [1.54, 1.807) is 11.3 Å². The highest BCUT2D eigenvalue weighted by Crippen LogP contribution is 2.21. The molecule has 23 heavy (non-hydrogen) atoms. The third kappa shape index (κ3) is 4.14. The van der Waals surface area contributed by atoms with Gasteiger partial charge in [-0.1, -0.05) is 23.7 Å². The first kappa shape index (κ1) is 16.1. The predicted molar refractivity (Wildman–Crippen MR) is 95.5 cm³/mol. The molecule has 3 rings (SSSR count). The minimum atomic E-state index is 0.103. The Hall–Kier alpha value is -1.79. The molecule has 5 nitrogen and oxygen atoms in total. The Morgan fingerprint density at radius 3 is 2.91 bits per heavy atom. The zero-order valence-electron chi connectivity index (χ0n) is 12.7. The molecule has 2 heterocycles. The molecule has 1 aromatic carbocycles. The Kier molecular flexibility index (Phi) is 5.35. The summed E-state index contributed by atoms with van der Waals surface area (Å²) >= 11 is 7.74. The second-order valence-electron chi connectivity index (χ2n) is 5.37. The van der Waals surface area contributed by atoms with Crippen LogP contribution >= 0.6 is 22.9 Å².